The highest BCUT2D eigenvalue weighted by atomic mass is 17.2. The highest BCUT2D eigenvalue weighted by Crippen LogP contribution is 2.24. The SMILES string of the molecule is CCCCCCOOC(CC)(CCCC)C(=O)O. The van der Waals surface area contributed by atoms with Gasteiger partial charge in [-0.25, -0.2) is 14.6 Å². The molecule has 0 bridgehead atoms. The monoisotopic (exact) mass is 260 g/mol. The zero-order valence-electron chi connectivity index (χ0n) is 12.0. The number of rotatable bonds is 12. The van der Waals surface area contributed by atoms with Gasteiger partial charge in [-0.1, -0.05) is 52.9 Å². The molecule has 0 aliphatic heterocycles. The molecule has 4 nitrogen and oxygen atoms in total. The Kier molecular flexibility index (Phi) is 9.98. The molecule has 0 radical (unpaired) electrons. The van der Waals surface area contributed by atoms with E-state index in [0.717, 1.165) is 25.7 Å². The molecule has 0 spiro atoms. The molecule has 0 aliphatic carbocycles. The van der Waals surface area contributed by atoms with Crippen molar-refractivity contribution >= 4 is 5.97 Å². The van der Waals surface area contributed by atoms with Crippen molar-refractivity contribution in [2.45, 2.75) is 77.7 Å². The van der Waals surface area contributed by atoms with Gasteiger partial charge in [0.15, 0.2) is 5.60 Å². The first-order chi connectivity index (χ1) is 8.63. The summed E-state index contributed by atoms with van der Waals surface area (Å²) in [5, 5.41) is 9.29. The van der Waals surface area contributed by atoms with Crippen molar-refractivity contribution in [1.82, 2.24) is 0 Å². The maximum absolute atomic E-state index is 11.3. The van der Waals surface area contributed by atoms with Crippen molar-refractivity contribution in [2.75, 3.05) is 6.61 Å². The average molecular weight is 260 g/mol. The van der Waals surface area contributed by atoms with Gasteiger partial charge in [-0.2, -0.15) is 0 Å². The summed E-state index contributed by atoms with van der Waals surface area (Å²) in [7, 11) is 0. The number of carboxylic acids is 1. The molecule has 1 unspecified atom stereocenters. The molecule has 0 rings (SSSR count). The second-order valence-corrected chi connectivity index (χ2v) is 4.72. The quantitative estimate of drug-likeness (QED) is 0.328. The normalized spacial score (nSPS) is 14.4. The Morgan fingerprint density at radius 1 is 1.06 bits per heavy atom. The summed E-state index contributed by atoms with van der Waals surface area (Å²) in [4.78, 5) is 21.7. The Bertz CT molecular complexity index is 218. The highest BCUT2D eigenvalue weighted by molar-refractivity contribution is 5.77. The van der Waals surface area contributed by atoms with Crippen molar-refractivity contribution in [3.05, 3.63) is 0 Å². The summed E-state index contributed by atoms with van der Waals surface area (Å²) in [5.41, 5.74) is -1.17. The van der Waals surface area contributed by atoms with Crippen LogP contribution in [0.15, 0.2) is 0 Å². The van der Waals surface area contributed by atoms with E-state index in [4.69, 9.17) is 9.78 Å². The lowest BCUT2D eigenvalue weighted by molar-refractivity contribution is -0.357. The van der Waals surface area contributed by atoms with E-state index in [9.17, 15) is 9.90 Å². The Balaban J connectivity index is 4.04. The molecule has 0 saturated heterocycles. The number of hydrogen-bond donors (Lipinski definition) is 1. The summed E-state index contributed by atoms with van der Waals surface area (Å²) >= 11 is 0. The van der Waals surface area contributed by atoms with Crippen molar-refractivity contribution in [1.29, 1.82) is 0 Å². The molecule has 0 fully saturated rings. The first-order valence-electron chi connectivity index (χ1n) is 7.17. The Hall–Kier alpha value is -0.610. The van der Waals surface area contributed by atoms with Gasteiger partial charge < -0.3 is 5.11 Å². The van der Waals surface area contributed by atoms with Crippen molar-refractivity contribution in [3.63, 3.8) is 0 Å². The fourth-order valence-corrected chi connectivity index (χ4v) is 1.78. The first-order valence-corrected chi connectivity index (χ1v) is 7.17. The molecule has 4 heteroatoms. The van der Waals surface area contributed by atoms with Gasteiger partial charge in [0.05, 0.1) is 6.61 Å². The van der Waals surface area contributed by atoms with Crippen molar-refractivity contribution in [3.8, 4) is 0 Å². The zero-order chi connectivity index (χ0) is 13.9. The smallest absolute Gasteiger partial charge is 0.339 e. The Morgan fingerprint density at radius 3 is 2.22 bits per heavy atom. The first kappa shape index (κ1) is 17.4. The van der Waals surface area contributed by atoms with E-state index in [1.54, 1.807) is 0 Å². The van der Waals surface area contributed by atoms with Gasteiger partial charge in [0, 0.05) is 0 Å². The van der Waals surface area contributed by atoms with Crippen LogP contribution in [-0.4, -0.2) is 23.3 Å². The van der Waals surface area contributed by atoms with Crippen LogP contribution in [0.25, 0.3) is 0 Å². The second-order valence-electron chi connectivity index (χ2n) is 4.72. The summed E-state index contributed by atoms with van der Waals surface area (Å²) < 4.78 is 0. The topological polar surface area (TPSA) is 55.8 Å². The van der Waals surface area contributed by atoms with Gasteiger partial charge in [-0.3, -0.25) is 0 Å². The fraction of sp³-hybridized carbons (Fsp3) is 0.929. The second kappa shape index (κ2) is 10.3. The van der Waals surface area contributed by atoms with Gasteiger partial charge in [0.25, 0.3) is 0 Å². The molecular weight excluding hydrogens is 232 g/mol. The molecule has 0 saturated carbocycles. The maximum Gasteiger partial charge on any atom is 0.339 e. The van der Waals surface area contributed by atoms with Crippen molar-refractivity contribution < 1.29 is 19.7 Å². The zero-order valence-corrected chi connectivity index (χ0v) is 12.0. The summed E-state index contributed by atoms with van der Waals surface area (Å²) in [6, 6.07) is 0. The third kappa shape index (κ3) is 6.36. The summed E-state index contributed by atoms with van der Waals surface area (Å²) in [6.07, 6.45) is 7.08. The number of carbonyl (C=O) groups is 1. The van der Waals surface area contributed by atoms with Crippen LogP contribution in [0.2, 0.25) is 0 Å². The molecule has 1 N–H and O–H groups in total. The van der Waals surface area contributed by atoms with E-state index in [-0.39, 0.29) is 0 Å². The third-order valence-electron chi connectivity index (χ3n) is 3.19. The molecule has 0 aromatic carbocycles. The molecule has 0 aromatic heterocycles. The van der Waals surface area contributed by atoms with E-state index >= 15 is 0 Å². The Morgan fingerprint density at radius 2 is 1.72 bits per heavy atom. The van der Waals surface area contributed by atoms with Gasteiger partial charge in [-0.05, 0) is 19.3 Å². The molecule has 0 heterocycles. The standard InChI is InChI=1S/C14H28O4/c1-4-7-9-10-12-17-18-14(6-3,13(15)16)11-8-5-2/h4-12H2,1-3H3,(H,15,16). The predicted octanol–water partition coefficient (Wildman–Crippen LogP) is 3.94. The van der Waals surface area contributed by atoms with Crippen LogP contribution >= 0.6 is 0 Å². The highest BCUT2D eigenvalue weighted by Gasteiger charge is 2.38. The summed E-state index contributed by atoms with van der Waals surface area (Å²) in [6.45, 7) is 6.48. The van der Waals surface area contributed by atoms with Crippen LogP contribution in [0.3, 0.4) is 0 Å². The van der Waals surface area contributed by atoms with Gasteiger partial charge >= 0.3 is 5.97 Å². The minimum absolute atomic E-state index is 0.428. The summed E-state index contributed by atoms with van der Waals surface area (Å²) in [5.74, 6) is -0.924. The van der Waals surface area contributed by atoms with E-state index < -0.39 is 11.6 Å². The molecule has 108 valence electrons. The lowest BCUT2D eigenvalue weighted by Gasteiger charge is -2.26. The lowest BCUT2D eigenvalue weighted by atomic mass is 9.94. The van der Waals surface area contributed by atoms with Crippen LogP contribution in [0.5, 0.6) is 0 Å². The number of unbranched alkanes of at least 4 members (excludes halogenated alkanes) is 4. The fourth-order valence-electron chi connectivity index (χ4n) is 1.78. The van der Waals surface area contributed by atoms with Crippen LogP contribution in [0.1, 0.15) is 72.1 Å². The van der Waals surface area contributed by atoms with Crippen LogP contribution in [0.4, 0.5) is 0 Å². The molecule has 18 heavy (non-hydrogen) atoms. The number of hydrogen-bond acceptors (Lipinski definition) is 3. The Labute approximate surface area is 111 Å². The van der Waals surface area contributed by atoms with Crippen molar-refractivity contribution in [2.24, 2.45) is 0 Å². The molecule has 0 amide bonds. The van der Waals surface area contributed by atoms with Gasteiger partial charge in [-0.15, -0.1) is 0 Å². The maximum atomic E-state index is 11.3. The number of carboxylic acid groups (broad SMARTS) is 1. The minimum atomic E-state index is -1.17. The van der Waals surface area contributed by atoms with Crippen LogP contribution < -0.4 is 0 Å². The van der Waals surface area contributed by atoms with Gasteiger partial charge in [0.2, 0.25) is 0 Å². The molecule has 1 atom stereocenters. The molecular formula is C14H28O4. The lowest BCUT2D eigenvalue weighted by Crippen LogP contribution is -2.41. The van der Waals surface area contributed by atoms with Crippen LogP contribution in [-0.2, 0) is 14.6 Å². The average Bonchev–Trinajstić information content (AvgIpc) is 2.37. The molecule has 0 aliphatic rings. The van der Waals surface area contributed by atoms with E-state index in [0.29, 0.717) is 19.4 Å². The minimum Gasteiger partial charge on any atom is -0.479 e. The van der Waals surface area contributed by atoms with Crippen LogP contribution in [0, 0.1) is 0 Å². The molecule has 0 aromatic rings. The van der Waals surface area contributed by atoms with Gasteiger partial charge in [0.1, 0.15) is 0 Å². The van der Waals surface area contributed by atoms with E-state index in [1.807, 2.05) is 13.8 Å². The number of aliphatic carboxylic acids is 1. The van der Waals surface area contributed by atoms with E-state index in [2.05, 4.69) is 6.92 Å². The predicted molar refractivity (Wildman–Crippen MR) is 71.4 cm³/mol. The third-order valence-corrected chi connectivity index (χ3v) is 3.19. The van der Waals surface area contributed by atoms with E-state index in [1.165, 1.54) is 12.8 Å². The largest absolute Gasteiger partial charge is 0.479 e.